The van der Waals surface area contributed by atoms with Crippen LogP contribution in [-0.4, -0.2) is 9.97 Å². The van der Waals surface area contributed by atoms with Gasteiger partial charge in [0.05, 0.1) is 5.69 Å². The van der Waals surface area contributed by atoms with Crippen LogP contribution in [0.1, 0.15) is 0 Å². The summed E-state index contributed by atoms with van der Waals surface area (Å²) in [6.45, 7) is 0. The summed E-state index contributed by atoms with van der Waals surface area (Å²) >= 11 is 5.73. The molecule has 0 aliphatic rings. The van der Waals surface area contributed by atoms with Gasteiger partial charge in [-0.1, -0.05) is 23.7 Å². The Morgan fingerprint density at radius 2 is 1.67 bits per heavy atom. The van der Waals surface area contributed by atoms with Crippen molar-refractivity contribution < 1.29 is 0 Å². The number of rotatable bonds is 1. The van der Waals surface area contributed by atoms with Gasteiger partial charge >= 0.3 is 11.1 Å². The number of benzene rings is 1. The standard InChI is InChI=1S/C10H7ClN2O2/c11-7-3-1-6(2-4-7)8-5-12-9(14)10(15)13-8/h1-5H,(H,12,14)(H,13,15). The highest BCUT2D eigenvalue weighted by molar-refractivity contribution is 6.30. The van der Waals surface area contributed by atoms with E-state index < -0.39 is 11.1 Å². The summed E-state index contributed by atoms with van der Waals surface area (Å²) in [6, 6.07) is 6.93. The molecule has 1 aromatic carbocycles. The third-order valence-corrected chi connectivity index (χ3v) is 2.21. The van der Waals surface area contributed by atoms with Crippen LogP contribution in [0.25, 0.3) is 11.3 Å². The van der Waals surface area contributed by atoms with E-state index in [1.54, 1.807) is 24.3 Å². The molecule has 0 unspecified atom stereocenters. The molecule has 0 aliphatic heterocycles. The van der Waals surface area contributed by atoms with Gasteiger partial charge in [0, 0.05) is 11.2 Å². The van der Waals surface area contributed by atoms with Crippen molar-refractivity contribution in [1.82, 2.24) is 9.97 Å². The molecule has 2 aromatic rings. The molecule has 4 nitrogen and oxygen atoms in total. The van der Waals surface area contributed by atoms with Gasteiger partial charge in [-0.2, -0.15) is 0 Å². The van der Waals surface area contributed by atoms with Crippen LogP contribution in [0.4, 0.5) is 0 Å². The quantitative estimate of drug-likeness (QED) is 0.716. The molecule has 0 amide bonds. The van der Waals surface area contributed by atoms with E-state index in [-0.39, 0.29) is 0 Å². The Morgan fingerprint density at radius 3 is 2.27 bits per heavy atom. The molecule has 0 atom stereocenters. The van der Waals surface area contributed by atoms with Gasteiger partial charge < -0.3 is 9.97 Å². The van der Waals surface area contributed by atoms with Crippen LogP contribution < -0.4 is 11.1 Å². The Morgan fingerprint density at radius 1 is 1.00 bits per heavy atom. The lowest BCUT2D eigenvalue weighted by atomic mass is 10.2. The number of hydrogen-bond donors (Lipinski definition) is 2. The van der Waals surface area contributed by atoms with Crippen LogP contribution in [0.2, 0.25) is 5.02 Å². The van der Waals surface area contributed by atoms with Crippen molar-refractivity contribution in [3.63, 3.8) is 0 Å². The van der Waals surface area contributed by atoms with E-state index in [1.165, 1.54) is 6.20 Å². The lowest BCUT2D eigenvalue weighted by Crippen LogP contribution is -2.28. The number of aromatic nitrogens is 2. The highest BCUT2D eigenvalue weighted by Gasteiger charge is 2.00. The van der Waals surface area contributed by atoms with Crippen molar-refractivity contribution >= 4 is 11.6 Å². The highest BCUT2D eigenvalue weighted by atomic mass is 35.5. The van der Waals surface area contributed by atoms with Crippen LogP contribution in [-0.2, 0) is 0 Å². The fourth-order valence-electron chi connectivity index (χ4n) is 1.20. The second-order valence-corrected chi connectivity index (χ2v) is 3.43. The summed E-state index contributed by atoms with van der Waals surface area (Å²) in [4.78, 5) is 26.7. The molecular weight excluding hydrogens is 216 g/mol. The Bertz CT molecular complexity index is 583. The van der Waals surface area contributed by atoms with Crippen molar-refractivity contribution in [2.24, 2.45) is 0 Å². The van der Waals surface area contributed by atoms with E-state index in [0.29, 0.717) is 10.7 Å². The van der Waals surface area contributed by atoms with Gasteiger partial charge in [-0.25, -0.2) is 0 Å². The van der Waals surface area contributed by atoms with E-state index in [1.807, 2.05) is 0 Å². The maximum absolute atomic E-state index is 11.1. The molecule has 0 saturated carbocycles. The van der Waals surface area contributed by atoms with Crippen LogP contribution in [0.5, 0.6) is 0 Å². The minimum Gasteiger partial charge on any atom is -0.322 e. The molecule has 76 valence electrons. The van der Waals surface area contributed by atoms with Crippen LogP contribution in [0, 0.1) is 0 Å². The molecule has 0 spiro atoms. The van der Waals surface area contributed by atoms with Gasteiger partial charge in [-0.3, -0.25) is 9.59 Å². The molecule has 1 heterocycles. The normalized spacial score (nSPS) is 10.2. The summed E-state index contributed by atoms with van der Waals surface area (Å²) in [5.74, 6) is 0. The van der Waals surface area contributed by atoms with E-state index in [9.17, 15) is 9.59 Å². The second-order valence-electron chi connectivity index (χ2n) is 2.99. The zero-order valence-corrected chi connectivity index (χ0v) is 8.34. The first-order valence-electron chi connectivity index (χ1n) is 4.25. The van der Waals surface area contributed by atoms with Crippen molar-refractivity contribution in [2.45, 2.75) is 0 Å². The fourth-order valence-corrected chi connectivity index (χ4v) is 1.33. The molecule has 2 N–H and O–H groups in total. The van der Waals surface area contributed by atoms with Crippen molar-refractivity contribution in [3.8, 4) is 11.3 Å². The summed E-state index contributed by atoms with van der Waals surface area (Å²) in [6.07, 6.45) is 1.45. The molecule has 1 aromatic heterocycles. The second kappa shape index (κ2) is 3.74. The first kappa shape index (κ1) is 9.73. The van der Waals surface area contributed by atoms with Crippen molar-refractivity contribution in [2.75, 3.05) is 0 Å². The molecule has 0 aliphatic carbocycles. The van der Waals surface area contributed by atoms with Gasteiger partial charge in [0.2, 0.25) is 0 Å². The zero-order valence-electron chi connectivity index (χ0n) is 7.58. The first-order chi connectivity index (χ1) is 7.16. The number of H-pyrrole nitrogens is 2. The third-order valence-electron chi connectivity index (χ3n) is 1.96. The molecular formula is C10H7ClN2O2. The van der Waals surface area contributed by atoms with Gasteiger partial charge in [0.1, 0.15) is 0 Å². The largest absolute Gasteiger partial charge is 0.322 e. The van der Waals surface area contributed by atoms with Crippen LogP contribution in [0.3, 0.4) is 0 Å². The molecule has 5 heteroatoms. The van der Waals surface area contributed by atoms with E-state index in [2.05, 4.69) is 9.97 Å². The minimum absolute atomic E-state index is 0.552. The average Bonchev–Trinajstić information content (AvgIpc) is 2.23. The zero-order chi connectivity index (χ0) is 10.8. The predicted molar refractivity (Wildman–Crippen MR) is 58.1 cm³/mol. The van der Waals surface area contributed by atoms with Crippen molar-refractivity contribution in [3.05, 3.63) is 56.2 Å². The van der Waals surface area contributed by atoms with Crippen LogP contribution in [0.15, 0.2) is 40.1 Å². The van der Waals surface area contributed by atoms with E-state index >= 15 is 0 Å². The SMILES string of the molecule is O=c1[nH]cc(-c2ccc(Cl)cc2)[nH]c1=O. The number of hydrogen-bond acceptors (Lipinski definition) is 2. The lowest BCUT2D eigenvalue weighted by Gasteiger charge is -1.99. The molecule has 0 fully saturated rings. The lowest BCUT2D eigenvalue weighted by molar-refractivity contribution is 1.08. The first-order valence-corrected chi connectivity index (χ1v) is 4.62. The number of nitrogens with one attached hydrogen (secondary N) is 2. The fraction of sp³-hybridized carbons (Fsp3) is 0. The van der Waals surface area contributed by atoms with E-state index in [4.69, 9.17) is 11.6 Å². The molecule has 15 heavy (non-hydrogen) atoms. The maximum Gasteiger partial charge on any atom is 0.314 e. The van der Waals surface area contributed by atoms with Crippen molar-refractivity contribution in [1.29, 1.82) is 0 Å². The maximum atomic E-state index is 11.1. The van der Waals surface area contributed by atoms with Gasteiger partial charge in [0.15, 0.2) is 0 Å². The van der Waals surface area contributed by atoms with Gasteiger partial charge in [-0.05, 0) is 17.7 Å². The Labute approximate surface area is 89.6 Å². The van der Waals surface area contributed by atoms with E-state index in [0.717, 1.165) is 5.56 Å². The van der Waals surface area contributed by atoms with Gasteiger partial charge in [-0.15, -0.1) is 0 Å². The Kier molecular flexibility index (Phi) is 2.43. The Hall–Kier alpha value is -1.81. The summed E-state index contributed by atoms with van der Waals surface area (Å²) in [5, 5.41) is 0.616. The predicted octanol–water partition coefficient (Wildman–Crippen LogP) is 1.38. The average molecular weight is 223 g/mol. The number of aromatic amines is 2. The summed E-state index contributed by atoms with van der Waals surface area (Å²) < 4.78 is 0. The summed E-state index contributed by atoms with van der Waals surface area (Å²) in [7, 11) is 0. The minimum atomic E-state index is -0.664. The topological polar surface area (TPSA) is 65.7 Å². The molecule has 0 saturated heterocycles. The molecule has 0 bridgehead atoms. The molecule has 2 rings (SSSR count). The smallest absolute Gasteiger partial charge is 0.314 e. The Balaban J connectivity index is 2.55. The monoisotopic (exact) mass is 222 g/mol. The highest BCUT2D eigenvalue weighted by Crippen LogP contribution is 2.17. The third kappa shape index (κ3) is 1.99. The van der Waals surface area contributed by atoms with Gasteiger partial charge in [0.25, 0.3) is 0 Å². The van der Waals surface area contributed by atoms with Crippen LogP contribution >= 0.6 is 11.6 Å². The molecule has 0 radical (unpaired) electrons. The number of halogens is 1. The summed E-state index contributed by atoms with van der Waals surface area (Å²) in [5.41, 5.74) is 0.0131.